The molecular weight excluding hydrogens is 264 g/mol. The first-order valence-corrected chi connectivity index (χ1v) is 8.36. The Morgan fingerprint density at radius 3 is 2.84 bits per heavy atom. The van der Waals surface area contributed by atoms with E-state index in [4.69, 9.17) is 8.92 Å². The van der Waals surface area contributed by atoms with Crippen molar-refractivity contribution in [2.45, 2.75) is 38.2 Å². The van der Waals surface area contributed by atoms with Crippen LogP contribution in [0.25, 0.3) is 0 Å². The van der Waals surface area contributed by atoms with Crippen LogP contribution in [0.15, 0.2) is 18.2 Å². The number of hydrogen-bond acceptors (Lipinski definition) is 4. The Labute approximate surface area is 113 Å². The summed E-state index contributed by atoms with van der Waals surface area (Å²) in [4.78, 5) is 0. The molecule has 0 N–H and O–H groups in total. The molecule has 0 spiro atoms. The van der Waals surface area contributed by atoms with Crippen molar-refractivity contribution in [3.05, 3.63) is 29.3 Å². The van der Waals surface area contributed by atoms with Gasteiger partial charge in [-0.2, -0.15) is 8.42 Å². The van der Waals surface area contributed by atoms with E-state index in [0.717, 1.165) is 32.1 Å². The normalized spacial score (nSPS) is 22.4. The second-order valence-corrected chi connectivity index (χ2v) is 6.84. The molecule has 1 atom stereocenters. The van der Waals surface area contributed by atoms with Gasteiger partial charge in [0.1, 0.15) is 11.5 Å². The van der Waals surface area contributed by atoms with Gasteiger partial charge in [-0.25, -0.2) is 0 Å². The van der Waals surface area contributed by atoms with Crippen molar-refractivity contribution >= 4 is 10.1 Å². The van der Waals surface area contributed by atoms with Crippen LogP contribution in [-0.4, -0.2) is 26.9 Å². The zero-order valence-corrected chi connectivity index (χ0v) is 11.6. The predicted molar refractivity (Wildman–Crippen MR) is 71.9 cm³/mol. The molecule has 0 unspecified atom stereocenters. The highest BCUT2D eigenvalue weighted by Gasteiger charge is 2.25. The first kappa shape index (κ1) is 12.9. The van der Waals surface area contributed by atoms with E-state index in [0.29, 0.717) is 12.4 Å². The summed E-state index contributed by atoms with van der Waals surface area (Å²) in [7, 11) is -3.56. The molecule has 1 aliphatic carbocycles. The van der Waals surface area contributed by atoms with Gasteiger partial charge in [0.25, 0.3) is 0 Å². The van der Waals surface area contributed by atoms with Crippen LogP contribution in [0.2, 0.25) is 0 Å². The smallest absolute Gasteiger partial charge is 0.311 e. The largest absolute Gasteiger partial charge is 0.382 e. The van der Waals surface area contributed by atoms with Crippen molar-refractivity contribution in [3.8, 4) is 5.75 Å². The third-order valence-electron chi connectivity index (χ3n) is 3.71. The molecule has 5 heteroatoms. The number of fused-ring (bicyclic) bond motifs is 1. The van der Waals surface area contributed by atoms with E-state index in [1.807, 2.05) is 12.1 Å². The summed E-state index contributed by atoms with van der Waals surface area (Å²) >= 11 is 0. The van der Waals surface area contributed by atoms with Crippen LogP contribution >= 0.6 is 0 Å². The summed E-state index contributed by atoms with van der Waals surface area (Å²) in [6, 6.07) is 5.58. The van der Waals surface area contributed by atoms with E-state index in [1.54, 1.807) is 6.07 Å². The van der Waals surface area contributed by atoms with E-state index < -0.39 is 10.1 Å². The average Bonchev–Trinajstić information content (AvgIpc) is 2.97. The van der Waals surface area contributed by atoms with Gasteiger partial charge in [-0.15, -0.1) is 0 Å². The minimum Gasteiger partial charge on any atom is -0.382 e. The van der Waals surface area contributed by atoms with Gasteiger partial charge >= 0.3 is 10.1 Å². The summed E-state index contributed by atoms with van der Waals surface area (Å²) < 4.78 is 34.4. The van der Waals surface area contributed by atoms with Gasteiger partial charge in [0.2, 0.25) is 0 Å². The maximum Gasteiger partial charge on any atom is 0.311 e. The van der Waals surface area contributed by atoms with Crippen LogP contribution in [-0.2, 0) is 27.7 Å². The highest BCUT2D eigenvalue weighted by Crippen LogP contribution is 2.27. The molecule has 2 aliphatic rings. The molecule has 1 aromatic rings. The van der Waals surface area contributed by atoms with E-state index in [2.05, 4.69) is 0 Å². The molecule has 104 valence electrons. The lowest BCUT2D eigenvalue weighted by Crippen LogP contribution is -2.24. The minimum atomic E-state index is -3.56. The van der Waals surface area contributed by atoms with Gasteiger partial charge in [0.15, 0.2) is 0 Å². The fourth-order valence-electron chi connectivity index (χ4n) is 2.78. The molecule has 4 nitrogen and oxygen atoms in total. The fraction of sp³-hybridized carbons (Fsp3) is 0.571. The monoisotopic (exact) mass is 282 g/mol. The summed E-state index contributed by atoms with van der Waals surface area (Å²) in [6.45, 7) is 0.652. The van der Waals surface area contributed by atoms with Crippen LogP contribution in [0.5, 0.6) is 5.75 Å². The van der Waals surface area contributed by atoms with Crippen molar-refractivity contribution in [2.24, 2.45) is 0 Å². The van der Waals surface area contributed by atoms with Gasteiger partial charge in [-0.3, -0.25) is 0 Å². The molecular formula is C14H18O4S. The standard InChI is InChI=1S/C14H18O4S/c15-19(16,10-14-5-2-8-17-14)18-13-7-6-11-3-1-4-12(11)9-13/h6-7,9,14H,1-5,8,10H2/t14-/m0/s1. The topological polar surface area (TPSA) is 52.6 Å². The summed E-state index contributed by atoms with van der Waals surface area (Å²) in [5.41, 5.74) is 2.52. The number of ether oxygens (including phenoxy) is 1. The van der Waals surface area contributed by atoms with Crippen LogP contribution < -0.4 is 4.18 Å². The number of rotatable bonds is 4. The van der Waals surface area contributed by atoms with Crippen molar-refractivity contribution in [3.63, 3.8) is 0 Å². The Kier molecular flexibility index (Phi) is 3.50. The Balaban J connectivity index is 1.69. The van der Waals surface area contributed by atoms with E-state index in [-0.39, 0.29) is 11.9 Å². The van der Waals surface area contributed by atoms with E-state index in [1.165, 1.54) is 11.1 Å². The number of benzene rings is 1. The lowest BCUT2D eigenvalue weighted by Gasteiger charge is -2.12. The van der Waals surface area contributed by atoms with Gasteiger partial charge < -0.3 is 8.92 Å². The lowest BCUT2D eigenvalue weighted by atomic mass is 10.1. The van der Waals surface area contributed by atoms with Crippen LogP contribution in [0.1, 0.15) is 30.4 Å². The molecule has 0 bridgehead atoms. The zero-order valence-electron chi connectivity index (χ0n) is 10.8. The van der Waals surface area contributed by atoms with Crippen molar-refractivity contribution in [1.29, 1.82) is 0 Å². The maximum absolute atomic E-state index is 12.0. The highest BCUT2D eigenvalue weighted by atomic mass is 32.2. The third-order valence-corrected chi connectivity index (χ3v) is 4.93. The fourth-order valence-corrected chi connectivity index (χ4v) is 3.97. The molecule has 1 aromatic carbocycles. The van der Waals surface area contributed by atoms with Gasteiger partial charge in [0, 0.05) is 6.61 Å². The predicted octanol–water partition coefficient (Wildman–Crippen LogP) is 2.06. The molecule has 0 radical (unpaired) electrons. The first-order chi connectivity index (χ1) is 9.12. The molecule has 1 heterocycles. The Hall–Kier alpha value is -1.07. The van der Waals surface area contributed by atoms with Crippen molar-refractivity contribution < 1.29 is 17.3 Å². The Bertz CT molecular complexity index is 559. The summed E-state index contributed by atoms with van der Waals surface area (Å²) in [6.07, 6.45) is 4.75. The molecule has 1 saturated heterocycles. The molecule has 0 amide bonds. The zero-order chi connectivity index (χ0) is 13.3. The van der Waals surface area contributed by atoms with Crippen molar-refractivity contribution in [1.82, 2.24) is 0 Å². The molecule has 0 saturated carbocycles. The lowest BCUT2D eigenvalue weighted by molar-refractivity contribution is 0.126. The molecule has 1 aliphatic heterocycles. The van der Waals surface area contributed by atoms with Crippen molar-refractivity contribution in [2.75, 3.05) is 12.4 Å². The minimum absolute atomic E-state index is 0.0515. The van der Waals surface area contributed by atoms with Gasteiger partial charge in [0.05, 0.1) is 6.10 Å². The van der Waals surface area contributed by atoms with Crippen LogP contribution in [0.4, 0.5) is 0 Å². The van der Waals surface area contributed by atoms with Crippen LogP contribution in [0, 0.1) is 0 Å². The second-order valence-electron chi connectivity index (χ2n) is 5.23. The molecule has 3 rings (SSSR count). The van der Waals surface area contributed by atoms with E-state index in [9.17, 15) is 8.42 Å². The first-order valence-electron chi connectivity index (χ1n) is 6.78. The molecule has 1 fully saturated rings. The molecule has 0 aromatic heterocycles. The van der Waals surface area contributed by atoms with E-state index >= 15 is 0 Å². The second kappa shape index (κ2) is 5.13. The number of aryl methyl sites for hydroxylation is 2. The summed E-state index contributed by atoms with van der Waals surface area (Å²) in [5, 5.41) is 0. The average molecular weight is 282 g/mol. The molecule has 19 heavy (non-hydrogen) atoms. The van der Waals surface area contributed by atoms with Crippen LogP contribution in [0.3, 0.4) is 0 Å². The quantitative estimate of drug-likeness (QED) is 0.793. The highest BCUT2D eigenvalue weighted by molar-refractivity contribution is 7.87. The third kappa shape index (κ3) is 3.09. The Morgan fingerprint density at radius 1 is 1.21 bits per heavy atom. The number of hydrogen-bond donors (Lipinski definition) is 0. The summed E-state index contributed by atoms with van der Waals surface area (Å²) in [5.74, 6) is 0.378. The Morgan fingerprint density at radius 2 is 2.05 bits per heavy atom. The SMILES string of the molecule is O=S(=O)(C[C@@H]1CCCO1)Oc1ccc2c(c1)CCC2. The van der Waals surface area contributed by atoms with Gasteiger partial charge in [-0.1, -0.05) is 6.07 Å². The maximum atomic E-state index is 12.0. The van der Waals surface area contributed by atoms with Gasteiger partial charge in [-0.05, 0) is 55.4 Å².